The third-order valence-corrected chi connectivity index (χ3v) is 5.74. The first-order valence-electron chi connectivity index (χ1n) is 11.8. The van der Waals surface area contributed by atoms with Crippen molar-refractivity contribution >= 4 is 35.5 Å². The van der Waals surface area contributed by atoms with Crippen molar-refractivity contribution in [1.29, 1.82) is 0 Å². The molecule has 40 heavy (non-hydrogen) atoms. The maximum atomic E-state index is 12.6. The summed E-state index contributed by atoms with van der Waals surface area (Å²) >= 11 is 0. The lowest BCUT2D eigenvalue weighted by Crippen LogP contribution is -2.09. The minimum Gasteiger partial charge on any atom is -0.495 e. The Bertz CT molecular complexity index is 1420. The first-order valence-corrected chi connectivity index (χ1v) is 11.8. The molecular formula is C29H30N2O9. The number of benzene rings is 3. The number of nitro groups is 1. The van der Waals surface area contributed by atoms with E-state index in [9.17, 15) is 14.9 Å². The number of hydrogen-bond donors (Lipinski definition) is 1. The van der Waals surface area contributed by atoms with E-state index in [0.29, 0.717) is 34.2 Å². The molecule has 3 rings (SSSR count). The fourth-order valence-electron chi connectivity index (χ4n) is 3.85. The van der Waals surface area contributed by atoms with Gasteiger partial charge in [0, 0.05) is 12.1 Å². The predicted molar refractivity (Wildman–Crippen MR) is 152 cm³/mol. The molecule has 0 fully saturated rings. The molecule has 11 nitrogen and oxygen atoms in total. The Kier molecular flexibility index (Phi) is 9.95. The molecular weight excluding hydrogens is 520 g/mol. The summed E-state index contributed by atoms with van der Waals surface area (Å²) in [7, 11) is 8.83. The Balaban J connectivity index is 1.79. The molecule has 0 aromatic heterocycles. The van der Waals surface area contributed by atoms with Crippen LogP contribution in [0.1, 0.15) is 16.7 Å². The number of nitrogens with one attached hydrogen (secondary N) is 1. The molecule has 0 saturated carbocycles. The van der Waals surface area contributed by atoms with Crippen molar-refractivity contribution < 1.29 is 38.1 Å². The van der Waals surface area contributed by atoms with Gasteiger partial charge < -0.3 is 33.7 Å². The van der Waals surface area contributed by atoms with Gasteiger partial charge in [-0.25, -0.2) is 0 Å². The number of anilines is 1. The van der Waals surface area contributed by atoms with Crippen molar-refractivity contribution in [1.82, 2.24) is 0 Å². The number of carbonyl (C=O) groups excluding carboxylic acids is 1. The minimum atomic E-state index is -0.582. The number of ether oxygens (including phenoxy) is 6. The first kappa shape index (κ1) is 29.4. The van der Waals surface area contributed by atoms with Gasteiger partial charge in [-0.05, 0) is 53.1 Å². The third kappa shape index (κ3) is 6.81. The van der Waals surface area contributed by atoms with Gasteiger partial charge in [0.25, 0.3) is 0 Å². The number of methoxy groups -OCH3 is 6. The van der Waals surface area contributed by atoms with Gasteiger partial charge in [0.1, 0.15) is 5.75 Å². The molecule has 1 N–H and O–H groups in total. The maximum absolute atomic E-state index is 12.6. The number of carbonyl (C=O) groups is 1. The van der Waals surface area contributed by atoms with Crippen LogP contribution in [0.25, 0.3) is 18.2 Å². The normalized spacial score (nSPS) is 10.8. The van der Waals surface area contributed by atoms with Crippen molar-refractivity contribution in [3.05, 3.63) is 75.3 Å². The molecule has 3 aromatic rings. The van der Waals surface area contributed by atoms with Gasteiger partial charge in [-0.2, -0.15) is 0 Å². The summed E-state index contributed by atoms with van der Waals surface area (Å²) in [5.41, 5.74) is 2.20. The summed E-state index contributed by atoms with van der Waals surface area (Å²) in [6, 6.07) is 11.8. The van der Waals surface area contributed by atoms with Crippen molar-refractivity contribution in [2.24, 2.45) is 0 Å². The Morgan fingerprint density at radius 1 is 0.675 bits per heavy atom. The van der Waals surface area contributed by atoms with Gasteiger partial charge >= 0.3 is 5.69 Å². The minimum absolute atomic E-state index is 0.00163. The highest BCUT2D eigenvalue weighted by Gasteiger charge is 2.21. The molecule has 0 unspecified atom stereocenters. The molecule has 0 bridgehead atoms. The van der Waals surface area contributed by atoms with E-state index in [1.54, 1.807) is 33.5 Å². The second kappa shape index (κ2) is 13.6. The highest BCUT2D eigenvalue weighted by Crippen LogP contribution is 2.39. The van der Waals surface area contributed by atoms with E-state index >= 15 is 0 Å². The number of rotatable bonds is 12. The van der Waals surface area contributed by atoms with Crippen LogP contribution >= 0.6 is 0 Å². The summed E-state index contributed by atoms with van der Waals surface area (Å²) in [6.07, 6.45) is 6.44. The van der Waals surface area contributed by atoms with Crippen molar-refractivity contribution in [2.45, 2.75) is 0 Å². The summed E-state index contributed by atoms with van der Waals surface area (Å²) in [5.74, 6) is 1.72. The highest BCUT2D eigenvalue weighted by atomic mass is 16.6. The van der Waals surface area contributed by atoms with Crippen LogP contribution < -0.4 is 33.7 Å². The topological polar surface area (TPSA) is 128 Å². The zero-order valence-corrected chi connectivity index (χ0v) is 23.0. The molecule has 11 heteroatoms. The second-order valence-electron chi connectivity index (χ2n) is 8.11. The average Bonchev–Trinajstić information content (AvgIpc) is 2.97. The number of hydrogen-bond acceptors (Lipinski definition) is 9. The molecule has 0 aliphatic carbocycles. The van der Waals surface area contributed by atoms with Crippen LogP contribution in [0, 0.1) is 10.1 Å². The monoisotopic (exact) mass is 550 g/mol. The van der Waals surface area contributed by atoms with E-state index in [1.807, 2.05) is 30.4 Å². The number of nitrogens with zero attached hydrogens (tertiary/aromatic N) is 1. The summed E-state index contributed by atoms with van der Waals surface area (Å²) in [4.78, 5) is 23.5. The van der Waals surface area contributed by atoms with Crippen LogP contribution in [0.4, 0.5) is 11.4 Å². The molecule has 0 atom stereocenters. The number of nitro benzene ring substituents is 1. The Hall–Kier alpha value is -5.19. The average molecular weight is 551 g/mol. The van der Waals surface area contributed by atoms with Crippen LogP contribution in [-0.2, 0) is 4.79 Å². The van der Waals surface area contributed by atoms with Crippen LogP contribution in [-0.4, -0.2) is 53.5 Å². The maximum Gasteiger partial charge on any atom is 0.315 e. The van der Waals surface area contributed by atoms with E-state index in [-0.39, 0.29) is 17.2 Å². The molecule has 0 spiro atoms. The summed E-state index contributed by atoms with van der Waals surface area (Å²) in [6.45, 7) is 0. The Morgan fingerprint density at radius 3 is 1.70 bits per heavy atom. The second-order valence-corrected chi connectivity index (χ2v) is 8.11. The van der Waals surface area contributed by atoms with Gasteiger partial charge in [-0.15, -0.1) is 0 Å². The van der Waals surface area contributed by atoms with Crippen molar-refractivity contribution in [3.63, 3.8) is 0 Å². The third-order valence-electron chi connectivity index (χ3n) is 5.74. The lowest BCUT2D eigenvalue weighted by molar-refractivity contribution is -0.385. The summed E-state index contributed by atoms with van der Waals surface area (Å²) in [5, 5.41) is 14.2. The fraction of sp³-hybridized carbons (Fsp3) is 0.207. The molecule has 0 aliphatic heterocycles. The Labute approximate surface area is 231 Å². The lowest BCUT2D eigenvalue weighted by atomic mass is 10.1. The van der Waals surface area contributed by atoms with Gasteiger partial charge in [-0.1, -0.05) is 18.2 Å². The molecule has 0 aliphatic rings. The lowest BCUT2D eigenvalue weighted by Gasteiger charge is -2.13. The SMILES string of the molecule is COc1cc(/C=C/c2cc(OC)c(OC)c(OC)c2)ccc1NC(=O)/C=C/c1cc(OC)c(OC)c([N+](=O)[O-])c1. The largest absolute Gasteiger partial charge is 0.495 e. The van der Waals surface area contributed by atoms with Crippen LogP contribution in [0.2, 0.25) is 0 Å². The van der Waals surface area contributed by atoms with E-state index in [2.05, 4.69) is 5.32 Å². The van der Waals surface area contributed by atoms with Gasteiger partial charge in [-0.3, -0.25) is 14.9 Å². The number of amides is 1. The van der Waals surface area contributed by atoms with Crippen LogP contribution in [0.3, 0.4) is 0 Å². The quantitative estimate of drug-likeness (QED) is 0.135. The van der Waals surface area contributed by atoms with Gasteiger partial charge in [0.15, 0.2) is 17.2 Å². The molecule has 0 heterocycles. The van der Waals surface area contributed by atoms with Crippen LogP contribution in [0.15, 0.2) is 48.5 Å². The standard InChI is InChI=1S/C29H30N2O9/c1-35-23-14-18(7-8-20-16-25(37-3)29(40-6)26(17-20)38-4)9-11-21(23)30-27(32)12-10-19-13-22(31(33)34)28(39-5)24(15-19)36-2/h7-17H,1-6H3,(H,30,32)/b8-7+,12-10+. The first-order chi connectivity index (χ1) is 19.3. The van der Waals surface area contributed by atoms with Crippen molar-refractivity contribution in [2.75, 3.05) is 48.0 Å². The summed E-state index contributed by atoms with van der Waals surface area (Å²) < 4.78 is 31.9. The zero-order valence-electron chi connectivity index (χ0n) is 23.0. The molecule has 1 amide bonds. The van der Waals surface area contributed by atoms with Gasteiger partial charge in [0.05, 0.1) is 53.3 Å². The zero-order chi connectivity index (χ0) is 29.2. The van der Waals surface area contributed by atoms with Gasteiger partial charge in [0.2, 0.25) is 17.4 Å². The van der Waals surface area contributed by atoms with E-state index in [0.717, 1.165) is 11.1 Å². The smallest absolute Gasteiger partial charge is 0.315 e. The molecule has 3 aromatic carbocycles. The van der Waals surface area contributed by atoms with E-state index in [1.165, 1.54) is 45.6 Å². The van der Waals surface area contributed by atoms with E-state index in [4.69, 9.17) is 28.4 Å². The Morgan fingerprint density at radius 2 is 1.18 bits per heavy atom. The molecule has 0 saturated heterocycles. The highest BCUT2D eigenvalue weighted by molar-refractivity contribution is 6.03. The fourth-order valence-corrected chi connectivity index (χ4v) is 3.85. The van der Waals surface area contributed by atoms with Crippen molar-refractivity contribution in [3.8, 4) is 34.5 Å². The predicted octanol–water partition coefficient (Wildman–Crippen LogP) is 5.47. The van der Waals surface area contributed by atoms with E-state index < -0.39 is 10.8 Å². The molecule has 0 radical (unpaired) electrons. The molecule has 210 valence electrons. The van der Waals surface area contributed by atoms with Crippen LogP contribution in [0.5, 0.6) is 34.5 Å².